The quantitative estimate of drug-likeness (QED) is 0.774. The lowest BCUT2D eigenvalue weighted by Crippen LogP contribution is -2.53. The molecule has 4 nitrogen and oxygen atoms in total. The number of nitrogens with one attached hydrogen (secondary N) is 1. The van der Waals surface area contributed by atoms with Crippen molar-refractivity contribution in [2.24, 2.45) is 11.7 Å². The Morgan fingerprint density at radius 3 is 2.43 bits per heavy atom. The normalized spacial score (nSPS) is 13.8. The molecule has 0 aliphatic rings. The zero-order chi connectivity index (χ0) is 15.9. The Balaban J connectivity index is 2.48. The van der Waals surface area contributed by atoms with Crippen LogP contribution in [0.4, 0.5) is 0 Å². The summed E-state index contributed by atoms with van der Waals surface area (Å²) < 4.78 is 5.51. The summed E-state index contributed by atoms with van der Waals surface area (Å²) in [7, 11) is 0. The van der Waals surface area contributed by atoms with Crippen molar-refractivity contribution in [2.75, 3.05) is 13.2 Å². The van der Waals surface area contributed by atoms with Gasteiger partial charge in [-0.3, -0.25) is 4.79 Å². The number of benzene rings is 1. The van der Waals surface area contributed by atoms with Crippen molar-refractivity contribution >= 4 is 5.91 Å². The Morgan fingerprint density at radius 2 is 1.95 bits per heavy atom. The summed E-state index contributed by atoms with van der Waals surface area (Å²) in [6.45, 7) is 8.74. The Kier molecular flexibility index (Phi) is 6.69. The summed E-state index contributed by atoms with van der Waals surface area (Å²) in [6.07, 6.45) is 1.84. The highest BCUT2D eigenvalue weighted by atomic mass is 16.5. The molecule has 1 amide bonds. The van der Waals surface area contributed by atoms with Gasteiger partial charge in [0.05, 0.1) is 0 Å². The second-order valence-corrected chi connectivity index (χ2v) is 6.20. The Labute approximate surface area is 128 Å². The van der Waals surface area contributed by atoms with Crippen LogP contribution in [0.15, 0.2) is 24.3 Å². The molecule has 1 unspecified atom stereocenters. The van der Waals surface area contributed by atoms with Crippen LogP contribution in [0.1, 0.15) is 39.7 Å². The van der Waals surface area contributed by atoms with Crippen molar-refractivity contribution in [1.29, 1.82) is 0 Å². The zero-order valence-electron chi connectivity index (χ0n) is 13.6. The average Bonchev–Trinajstić information content (AvgIpc) is 2.44. The Bertz CT molecular complexity index is 443. The number of aryl methyl sites for hydroxylation is 1. The maximum Gasteiger partial charge on any atom is 0.258 e. The van der Waals surface area contributed by atoms with Crippen LogP contribution in [-0.2, 0) is 11.2 Å². The van der Waals surface area contributed by atoms with Crippen molar-refractivity contribution in [3.63, 3.8) is 0 Å². The molecule has 0 heterocycles. The highest BCUT2D eigenvalue weighted by Gasteiger charge is 2.25. The van der Waals surface area contributed by atoms with E-state index in [0.29, 0.717) is 18.2 Å². The van der Waals surface area contributed by atoms with Gasteiger partial charge in [0, 0.05) is 12.1 Å². The molecule has 0 saturated heterocycles. The predicted octanol–water partition coefficient (Wildman–Crippen LogP) is 2.51. The molecule has 1 aromatic carbocycles. The van der Waals surface area contributed by atoms with Gasteiger partial charge in [-0.15, -0.1) is 0 Å². The van der Waals surface area contributed by atoms with Gasteiger partial charge >= 0.3 is 0 Å². The highest BCUT2D eigenvalue weighted by molar-refractivity contribution is 5.78. The first-order valence-electron chi connectivity index (χ1n) is 7.61. The van der Waals surface area contributed by atoms with Crippen LogP contribution >= 0.6 is 0 Å². The molecule has 0 radical (unpaired) electrons. The van der Waals surface area contributed by atoms with E-state index >= 15 is 0 Å². The SMILES string of the molecule is CCc1ccc(OCC(=O)NC(C)(CN)CC(C)C)cc1. The fourth-order valence-corrected chi connectivity index (χ4v) is 2.43. The number of carbonyl (C=O) groups is 1. The van der Waals surface area contributed by atoms with Crippen LogP contribution in [0.25, 0.3) is 0 Å². The van der Waals surface area contributed by atoms with Crippen LogP contribution in [0.2, 0.25) is 0 Å². The minimum absolute atomic E-state index is 0.0131. The van der Waals surface area contributed by atoms with E-state index in [0.717, 1.165) is 12.8 Å². The topological polar surface area (TPSA) is 64.3 Å². The van der Waals surface area contributed by atoms with Crippen molar-refractivity contribution in [3.8, 4) is 5.75 Å². The van der Waals surface area contributed by atoms with E-state index in [1.165, 1.54) is 5.56 Å². The molecule has 0 aromatic heterocycles. The van der Waals surface area contributed by atoms with E-state index in [-0.39, 0.29) is 18.1 Å². The molecule has 1 aromatic rings. The van der Waals surface area contributed by atoms with Gasteiger partial charge in [0.15, 0.2) is 6.61 Å². The molecule has 0 aliphatic heterocycles. The minimum atomic E-state index is -0.374. The van der Waals surface area contributed by atoms with Crippen molar-refractivity contribution in [1.82, 2.24) is 5.32 Å². The third-order valence-electron chi connectivity index (χ3n) is 3.45. The second-order valence-electron chi connectivity index (χ2n) is 6.20. The van der Waals surface area contributed by atoms with Crippen LogP contribution in [0.3, 0.4) is 0 Å². The standard InChI is InChI=1S/C17H28N2O2/c1-5-14-6-8-15(9-7-14)21-11-16(20)19-17(4,12-18)10-13(2)3/h6-9,13H,5,10-12,18H2,1-4H3,(H,19,20). The maximum atomic E-state index is 12.0. The molecule has 0 saturated carbocycles. The van der Waals surface area contributed by atoms with Gasteiger partial charge in [0.25, 0.3) is 5.91 Å². The van der Waals surface area contributed by atoms with Crippen LogP contribution in [0, 0.1) is 5.92 Å². The Hall–Kier alpha value is -1.55. The van der Waals surface area contributed by atoms with Crippen LogP contribution in [-0.4, -0.2) is 24.6 Å². The van der Waals surface area contributed by atoms with E-state index in [2.05, 4.69) is 26.1 Å². The van der Waals surface area contributed by atoms with Gasteiger partial charge in [0.1, 0.15) is 5.75 Å². The number of carbonyl (C=O) groups excluding carboxylic acids is 1. The van der Waals surface area contributed by atoms with Gasteiger partial charge in [-0.2, -0.15) is 0 Å². The summed E-state index contributed by atoms with van der Waals surface area (Å²) in [6, 6.07) is 7.80. The smallest absolute Gasteiger partial charge is 0.258 e. The highest BCUT2D eigenvalue weighted by Crippen LogP contribution is 2.16. The third-order valence-corrected chi connectivity index (χ3v) is 3.45. The molecule has 3 N–H and O–H groups in total. The fourth-order valence-electron chi connectivity index (χ4n) is 2.43. The van der Waals surface area contributed by atoms with Gasteiger partial charge in [0.2, 0.25) is 0 Å². The number of hydrogen-bond acceptors (Lipinski definition) is 3. The molecule has 1 rings (SSSR count). The monoisotopic (exact) mass is 292 g/mol. The molecule has 1 atom stereocenters. The van der Waals surface area contributed by atoms with Crippen molar-refractivity contribution < 1.29 is 9.53 Å². The van der Waals surface area contributed by atoms with E-state index < -0.39 is 0 Å². The molecule has 0 bridgehead atoms. The maximum absolute atomic E-state index is 12.0. The number of hydrogen-bond donors (Lipinski definition) is 2. The minimum Gasteiger partial charge on any atom is -0.484 e. The molecular formula is C17H28N2O2. The molecule has 0 aliphatic carbocycles. The van der Waals surface area contributed by atoms with Gasteiger partial charge in [-0.25, -0.2) is 0 Å². The van der Waals surface area contributed by atoms with Gasteiger partial charge < -0.3 is 15.8 Å². The first-order chi connectivity index (χ1) is 9.88. The molecule has 0 spiro atoms. The summed E-state index contributed by atoms with van der Waals surface area (Å²) in [5, 5.41) is 2.98. The number of ether oxygens (including phenoxy) is 1. The predicted molar refractivity (Wildman–Crippen MR) is 86.4 cm³/mol. The Morgan fingerprint density at radius 1 is 1.33 bits per heavy atom. The zero-order valence-corrected chi connectivity index (χ0v) is 13.6. The molecule has 21 heavy (non-hydrogen) atoms. The largest absolute Gasteiger partial charge is 0.484 e. The molecule has 4 heteroatoms. The van der Waals surface area contributed by atoms with Gasteiger partial charge in [-0.1, -0.05) is 32.9 Å². The first-order valence-corrected chi connectivity index (χ1v) is 7.61. The van der Waals surface area contributed by atoms with Crippen LogP contribution in [0.5, 0.6) is 5.75 Å². The summed E-state index contributed by atoms with van der Waals surface area (Å²) in [5.74, 6) is 1.05. The van der Waals surface area contributed by atoms with E-state index in [1.807, 2.05) is 31.2 Å². The van der Waals surface area contributed by atoms with Gasteiger partial charge in [-0.05, 0) is 43.4 Å². The lowest BCUT2D eigenvalue weighted by Gasteiger charge is -2.31. The molecule has 0 fully saturated rings. The molecular weight excluding hydrogens is 264 g/mol. The number of rotatable bonds is 8. The summed E-state index contributed by atoms with van der Waals surface area (Å²) in [4.78, 5) is 12.0. The van der Waals surface area contributed by atoms with Crippen molar-refractivity contribution in [2.45, 2.75) is 46.1 Å². The van der Waals surface area contributed by atoms with E-state index in [1.54, 1.807) is 0 Å². The van der Waals surface area contributed by atoms with Crippen LogP contribution < -0.4 is 15.8 Å². The number of nitrogens with two attached hydrogens (primary N) is 1. The molecule has 118 valence electrons. The summed E-state index contributed by atoms with van der Waals surface area (Å²) >= 11 is 0. The summed E-state index contributed by atoms with van der Waals surface area (Å²) in [5.41, 5.74) is 6.66. The first kappa shape index (κ1) is 17.5. The number of amides is 1. The third kappa shape index (κ3) is 6.17. The second kappa shape index (κ2) is 8.03. The van der Waals surface area contributed by atoms with E-state index in [4.69, 9.17) is 10.5 Å². The average molecular weight is 292 g/mol. The van der Waals surface area contributed by atoms with Crippen molar-refractivity contribution in [3.05, 3.63) is 29.8 Å². The lowest BCUT2D eigenvalue weighted by atomic mass is 9.91. The van der Waals surface area contributed by atoms with E-state index in [9.17, 15) is 4.79 Å². The lowest BCUT2D eigenvalue weighted by molar-refractivity contribution is -0.125. The fraction of sp³-hybridized carbons (Fsp3) is 0.588.